The molecule has 0 bridgehead atoms. The van der Waals surface area contributed by atoms with Crippen molar-refractivity contribution >= 4 is 11.6 Å². The Kier molecular flexibility index (Phi) is 5.37. The van der Waals surface area contributed by atoms with Crippen LogP contribution in [-0.4, -0.2) is 29.0 Å². The molecular formula is C15H14F2N2O3. The molecule has 0 fully saturated rings. The van der Waals surface area contributed by atoms with Crippen LogP contribution >= 0.6 is 0 Å². The van der Waals surface area contributed by atoms with Crippen LogP contribution in [0.25, 0.3) is 0 Å². The molecule has 5 nitrogen and oxygen atoms in total. The van der Waals surface area contributed by atoms with Gasteiger partial charge in [-0.1, -0.05) is 12.1 Å². The maximum absolute atomic E-state index is 12.2. The third-order valence-corrected chi connectivity index (χ3v) is 2.72. The number of aromatic nitrogens is 1. The van der Waals surface area contributed by atoms with Crippen LogP contribution in [0.15, 0.2) is 42.6 Å². The summed E-state index contributed by atoms with van der Waals surface area (Å²) in [5.41, 5.74) is 1.01. The van der Waals surface area contributed by atoms with Crippen molar-refractivity contribution in [3.63, 3.8) is 0 Å². The molecule has 0 radical (unpaired) electrons. The highest BCUT2D eigenvalue weighted by Gasteiger charge is 2.15. The van der Waals surface area contributed by atoms with E-state index in [1.54, 1.807) is 24.3 Å². The summed E-state index contributed by atoms with van der Waals surface area (Å²) < 4.78 is 29.3. The molecule has 1 aromatic heterocycles. The Balaban J connectivity index is 2.15. The zero-order valence-electron chi connectivity index (χ0n) is 11.5. The highest BCUT2D eigenvalue weighted by molar-refractivity contribution is 6.04. The summed E-state index contributed by atoms with van der Waals surface area (Å²) in [4.78, 5) is 16.0. The van der Waals surface area contributed by atoms with Crippen molar-refractivity contribution in [1.82, 2.24) is 4.98 Å². The molecule has 0 spiro atoms. The highest BCUT2D eigenvalue weighted by atomic mass is 19.3. The van der Waals surface area contributed by atoms with Crippen molar-refractivity contribution in [1.29, 1.82) is 0 Å². The van der Waals surface area contributed by atoms with Gasteiger partial charge in [0.1, 0.15) is 6.61 Å². The minimum absolute atomic E-state index is 0.0152. The average molecular weight is 308 g/mol. The zero-order chi connectivity index (χ0) is 15.9. The van der Waals surface area contributed by atoms with Crippen LogP contribution in [0, 0.1) is 0 Å². The predicted octanol–water partition coefficient (Wildman–Crippen LogP) is 2.47. The highest BCUT2D eigenvalue weighted by Crippen LogP contribution is 2.18. The van der Waals surface area contributed by atoms with Crippen molar-refractivity contribution in [2.45, 2.75) is 13.0 Å². The predicted molar refractivity (Wildman–Crippen MR) is 76.1 cm³/mol. The fraction of sp³-hybridized carbons (Fsp3) is 0.200. The Labute approximate surface area is 125 Å². The number of nitrogens with zero attached hydrogens (tertiary/aromatic N) is 1. The normalized spacial score (nSPS) is 10.5. The average Bonchev–Trinajstić information content (AvgIpc) is 2.53. The number of amides is 1. The van der Waals surface area contributed by atoms with Crippen LogP contribution in [0.2, 0.25) is 0 Å². The van der Waals surface area contributed by atoms with E-state index in [2.05, 4.69) is 10.3 Å². The molecule has 22 heavy (non-hydrogen) atoms. The minimum Gasteiger partial charge on any atom is -0.485 e. The van der Waals surface area contributed by atoms with Crippen LogP contribution in [0.4, 0.5) is 14.5 Å². The molecule has 1 aromatic carbocycles. The van der Waals surface area contributed by atoms with Crippen molar-refractivity contribution in [3.8, 4) is 5.75 Å². The van der Waals surface area contributed by atoms with Crippen molar-refractivity contribution < 1.29 is 23.4 Å². The Morgan fingerprint density at radius 1 is 1.32 bits per heavy atom. The first-order valence-electron chi connectivity index (χ1n) is 6.47. The number of anilines is 1. The summed E-state index contributed by atoms with van der Waals surface area (Å²) in [6.45, 7) is -0.970. The van der Waals surface area contributed by atoms with Crippen LogP contribution in [0.3, 0.4) is 0 Å². The van der Waals surface area contributed by atoms with Crippen LogP contribution in [0.5, 0.6) is 5.75 Å². The lowest BCUT2D eigenvalue weighted by Crippen LogP contribution is -2.17. The maximum Gasteiger partial charge on any atom is 0.278 e. The standard InChI is InChI=1S/C15H14F2N2O3/c16-13(17)9-22-12-5-2-6-18-14(12)15(21)19-11-4-1-3-10(7-11)8-20/h1-7,13,20H,8-9H2,(H,19,21). The Morgan fingerprint density at radius 2 is 2.14 bits per heavy atom. The Hall–Kier alpha value is -2.54. The molecule has 0 aliphatic carbocycles. The van der Waals surface area contributed by atoms with Crippen LogP contribution < -0.4 is 10.1 Å². The molecule has 2 aromatic rings. The molecule has 1 amide bonds. The van der Waals surface area contributed by atoms with E-state index in [4.69, 9.17) is 9.84 Å². The van der Waals surface area contributed by atoms with Gasteiger partial charge in [0.15, 0.2) is 11.4 Å². The van der Waals surface area contributed by atoms with E-state index in [-0.39, 0.29) is 18.1 Å². The number of rotatable bonds is 6. The molecule has 7 heteroatoms. The Morgan fingerprint density at radius 3 is 2.86 bits per heavy atom. The van der Waals surface area contributed by atoms with E-state index in [0.717, 1.165) is 0 Å². The topological polar surface area (TPSA) is 71.5 Å². The number of aliphatic hydroxyl groups excluding tert-OH is 1. The van der Waals surface area contributed by atoms with Crippen molar-refractivity contribution in [2.75, 3.05) is 11.9 Å². The van der Waals surface area contributed by atoms with Gasteiger partial charge in [0.05, 0.1) is 6.61 Å². The second-order valence-electron chi connectivity index (χ2n) is 4.36. The number of hydrogen-bond acceptors (Lipinski definition) is 4. The smallest absolute Gasteiger partial charge is 0.278 e. The lowest BCUT2D eigenvalue weighted by atomic mass is 10.2. The molecule has 2 rings (SSSR count). The number of carbonyl (C=O) groups excluding carboxylic acids is 1. The number of carbonyl (C=O) groups is 1. The van der Waals surface area contributed by atoms with E-state index < -0.39 is 18.9 Å². The molecule has 0 saturated carbocycles. The maximum atomic E-state index is 12.2. The first-order chi connectivity index (χ1) is 10.6. The molecule has 0 aliphatic heterocycles. The van der Waals surface area contributed by atoms with E-state index in [1.807, 2.05) is 0 Å². The molecule has 2 N–H and O–H groups in total. The van der Waals surface area contributed by atoms with Gasteiger partial charge in [0.25, 0.3) is 12.3 Å². The zero-order valence-corrected chi connectivity index (χ0v) is 11.5. The van der Waals surface area contributed by atoms with Gasteiger partial charge in [-0.05, 0) is 29.8 Å². The number of halogens is 2. The summed E-state index contributed by atoms with van der Waals surface area (Å²) in [7, 11) is 0. The van der Waals surface area contributed by atoms with E-state index in [1.165, 1.54) is 18.3 Å². The van der Waals surface area contributed by atoms with Gasteiger partial charge in [0, 0.05) is 11.9 Å². The molecule has 0 unspecified atom stereocenters. The first kappa shape index (κ1) is 15.8. The number of benzene rings is 1. The number of nitrogens with one attached hydrogen (secondary N) is 1. The number of aliphatic hydroxyl groups is 1. The fourth-order valence-corrected chi connectivity index (χ4v) is 1.77. The van der Waals surface area contributed by atoms with E-state index in [9.17, 15) is 13.6 Å². The number of hydrogen-bond donors (Lipinski definition) is 2. The third kappa shape index (κ3) is 4.23. The van der Waals surface area contributed by atoms with Gasteiger partial charge in [-0.25, -0.2) is 13.8 Å². The summed E-state index contributed by atoms with van der Waals surface area (Å²) in [5, 5.41) is 11.6. The van der Waals surface area contributed by atoms with Gasteiger partial charge in [-0.15, -0.1) is 0 Å². The number of alkyl halides is 2. The second kappa shape index (κ2) is 7.46. The molecule has 1 heterocycles. The largest absolute Gasteiger partial charge is 0.485 e. The minimum atomic E-state index is -2.64. The van der Waals surface area contributed by atoms with E-state index in [0.29, 0.717) is 11.3 Å². The summed E-state index contributed by atoms with van der Waals surface area (Å²) in [5.74, 6) is -0.599. The first-order valence-corrected chi connectivity index (χ1v) is 6.47. The summed E-state index contributed by atoms with van der Waals surface area (Å²) in [6, 6.07) is 9.50. The van der Waals surface area contributed by atoms with E-state index >= 15 is 0 Å². The molecule has 116 valence electrons. The van der Waals surface area contributed by atoms with Gasteiger partial charge < -0.3 is 15.2 Å². The molecule has 0 atom stereocenters. The van der Waals surface area contributed by atoms with Gasteiger partial charge in [0.2, 0.25) is 0 Å². The quantitative estimate of drug-likeness (QED) is 0.860. The lowest BCUT2D eigenvalue weighted by molar-refractivity contribution is 0.0799. The molecule has 0 saturated heterocycles. The van der Waals surface area contributed by atoms with Gasteiger partial charge in [-0.2, -0.15) is 0 Å². The number of ether oxygens (including phenoxy) is 1. The Bertz CT molecular complexity index is 650. The summed E-state index contributed by atoms with van der Waals surface area (Å²) in [6.07, 6.45) is -1.27. The molecule has 0 aliphatic rings. The second-order valence-corrected chi connectivity index (χ2v) is 4.36. The van der Waals surface area contributed by atoms with Gasteiger partial charge >= 0.3 is 0 Å². The van der Waals surface area contributed by atoms with Gasteiger partial charge in [-0.3, -0.25) is 4.79 Å². The van der Waals surface area contributed by atoms with Crippen molar-refractivity contribution in [3.05, 3.63) is 53.9 Å². The fourth-order valence-electron chi connectivity index (χ4n) is 1.77. The van der Waals surface area contributed by atoms with Crippen molar-refractivity contribution in [2.24, 2.45) is 0 Å². The SMILES string of the molecule is O=C(Nc1cccc(CO)c1)c1ncccc1OCC(F)F. The number of pyridine rings is 1. The monoisotopic (exact) mass is 308 g/mol. The lowest BCUT2D eigenvalue weighted by Gasteiger charge is -2.11. The summed E-state index contributed by atoms with van der Waals surface area (Å²) >= 11 is 0. The molecular weight excluding hydrogens is 294 g/mol. The third-order valence-electron chi connectivity index (χ3n) is 2.72. The van der Waals surface area contributed by atoms with Crippen LogP contribution in [-0.2, 0) is 6.61 Å². The van der Waals surface area contributed by atoms with Crippen LogP contribution in [0.1, 0.15) is 16.1 Å².